The molecule has 0 aliphatic carbocycles. The zero-order valence-electron chi connectivity index (χ0n) is 11.0. The molecule has 0 atom stereocenters. The van der Waals surface area contributed by atoms with E-state index < -0.39 is 0 Å². The summed E-state index contributed by atoms with van der Waals surface area (Å²) in [6.45, 7) is 3.63. The van der Waals surface area contributed by atoms with Gasteiger partial charge in [-0.2, -0.15) is 0 Å². The summed E-state index contributed by atoms with van der Waals surface area (Å²) in [5, 5.41) is 2.56. The van der Waals surface area contributed by atoms with Crippen molar-refractivity contribution >= 4 is 10.8 Å². The number of aryl methyl sites for hydroxylation is 1. The quantitative estimate of drug-likeness (QED) is 0.842. The Morgan fingerprint density at radius 2 is 2.06 bits per heavy atom. The lowest BCUT2D eigenvalue weighted by Gasteiger charge is -2.09. The minimum Gasteiger partial charge on any atom is -0.494 e. The zero-order valence-corrected chi connectivity index (χ0v) is 11.0. The summed E-state index contributed by atoms with van der Waals surface area (Å²) in [4.78, 5) is 0. The van der Waals surface area contributed by atoms with Gasteiger partial charge in [-0.15, -0.1) is 0 Å². The van der Waals surface area contributed by atoms with Crippen LogP contribution in [-0.2, 0) is 6.42 Å². The van der Waals surface area contributed by atoms with Crippen LogP contribution in [-0.4, -0.2) is 13.2 Å². The lowest BCUT2D eigenvalue weighted by atomic mass is 10.0. The maximum atomic E-state index is 5.70. The summed E-state index contributed by atoms with van der Waals surface area (Å²) in [6.07, 6.45) is 3.09. The number of nitrogens with two attached hydrogens (primary N) is 1. The van der Waals surface area contributed by atoms with Crippen molar-refractivity contribution in [1.29, 1.82) is 0 Å². The molecule has 18 heavy (non-hydrogen) atoms. The molecule has 2 aromatic rings. The van der Waals surface area contributed by atoms with E-state index in [1.54, 1.807) is 0 Å². The molecule has 0 bridgehead atoms. The Morgan fingerprint density at radius 3 is 2.83 bits per heavy atom. The average molecular weight is 243 g/mol. The zero-order chi connectivity index (χ0) is 12.8. The maximum Gasteiger partial charge on any atom is 0.119 e. The summed E-state index contributed by atoms with van der Waals surface area (Å²) in [6, 6.07) is 12.8. The highest BCUT2D eigenvalue weighted by molar-refractivity contribution is 5.87. The Hall–Kier alpha value is -1.54. The fourth-order valence-corrected chi connectivity index (χ4v) is 2.14. The second-order valence-corrected chi connectivity index (χ2v) is 4.54. The molecule has 2 N–H and O–H groups in total. The monoisotopic (exact) mass is 243 g/mol. The van der Waals surface area contributed by atoms with E-state index in [2.05, 4.69) is 37.3 Å². The third kappa shape index (κ3) is 3.02. The van der Waals surface area contributed by atoms with Crippen molar-refractivity contribution in [2.75, 3.05) is 13.2 Å². The molecule has 2 nitrogen and oxygen atoms in total. The molecule has 0 spiro atoms. The van der Waals surface area contributed by atoms with E-state index in [9.17, 15) is 0 Å². The van der Waals surface area contributed by atoms with Gasteiger partial charge in [0.1, 0.15) is 5.75 Å². The number of fused-ring (bicyclic) bond motifs is 1. The SMILES string of the molecule is CCCOc1ccc2cccc(CCCN)c2c1. The van der Waals surface area contributed by atoms with E-state index >= 15 is 0 Å². The van der Waals surface area contributed by atoms with Gasteiger partial charge in [0.15, 0.2) is 0 Å². The molecule has 96 valence electrons. The van der Waals surface area contributed by atoms with E-state index in [0.717, 1.165) is 38.2 Å². The molecule has 0 aromatic heterocycles. The van der Waals surface area contributed by atoms with Gasteiger partial charge in [0.25, 0.3) is 0 Å². The number of hydrogen-bond donors (Lipinski definition) is 1. The second kappa shape index (κ2) is 6.41. The number of rotatable bonds is 6. The van der Waals surface area contributed by atoms with E-state index in [4.69, 9.17) is 10.5 Å². The highest BCUT2D eigenvalue weighted by Gasteiger charge is 2.02. The third-order valence-electron chi connectivity index (χ3n) is 3.07. The van der Waals surface area contributed by atoms with E-state index in [0.29, 0.717) is 0 Å². The van der Waals surface area contributed by atoms with Crippen molar-refractivity contribution in [2.24, 2.45) is 5.73 Å². The molecular formula is C16H21NO. The van der Waals surface area contributed by atoms with Crippen molar-refractivity contribution in [3.05, 3.63) is 42.0 Å². The van der Waals surface area contributed by atoms with Crippen LogP contribution in [0.15, 0.2) is 36.4 Å². The molecule has 0 heterocycles. The Kier molecular flexibility index (Phi) is 4.59. The van der Waals surface area contributed by atoms with Gasteiger partial charge in [0, 0.05) is 0 Å². The van der Waals surface area contributed by atoms with Crippen LogP contribution >= 0.6 is 0 Å². The molecule has 0 radical (unpaired) electrons. The topological polar surface area (TPSA) is 35.2 Å². The summed E-state index contributed by atoms with van der Waals surface area (Å²) in [5.74, 6) is 0.963. The van der Waals surface area contributed by atoms with Gasteiger partial charge in [-0.25, -0.2) is 0 Å². The summed E-state index contributed by atoms with van der Waals surface area (Å²) in [5.41, 5.74) is 6.95. The molecule has 0 amide bonds. The van der Waals surface area contributed by atoms with E-state index in [1.807, 2.05) is 6.07 Å². The summed E-state index contributed by atoms with van der Waals surface area (Å²) < 4.78 is 5.70. The Labute approximate surface area is 109 Å². The third-order valence-corrected chi connectivity index (χ3v) is 3.07. The van der Waals surface area contributed by atoms with Gasteiger partial charge in [-0.1, -0.05) is 31.2 Å². The molecule has 2 aromatic carbocycles. The van der Waals surface area contributed by atoms with Crippen LogP contribution in [0.25, 0.3) is 10.8 Å². The molecule has 0 aliphatic rings. The lowest BCUT2D eigenvalue weighted by Crippen LogP contribution is -2.01. The van der Waals surface area contributed by atoms with Crippen molar-refractivity contribution in [3.8, 4) is 5.75 Å². The van der Waals surface area contributed by atoms with Crippen molar-refractivity contribution in [3.63, 3.8) is 0 Å². The number of benzene rings is 2. The standard InChI is InChI=1S/C16H21NO/c1-2-11-18-15-9-8-14-6-3-5-13(7-4-10-17)16(14)12-15/h3,5-6,8-9,12H,2,4,7,10-11,17H2,1H3. The highest BCUT2D eigenvalue weighted by atomic mass is 16.5. The first-order valence-electron chi connectivity index (χ1n) is 6.69. The molecule has 0 aliphatic heterocycles. The fourth-order valence-electron chi connectivity index (χ4n) is 2.14. The normalized spacial score (nSPS) is 10.8. The van der Waals surface area contributed by atoms with Crippen LogP contribution in [0.2, 0.25) is 0 Å². The van der Waals surface area contributed by atoms with Crippen LogP contribution < -0.4 is 10.5 Å². The second-order valence-electron chi connectivity index (χ2n) is 4.54. The van der Waals surface area contributed by atoms with Gasteiger partial charge in [-0.05, 0) is 54.3 Å². The lowest BCUT2D eigenvalue weighted by molar-refractivity contribution is 0.318. The highest BCUT2D eigenvalue weighted by Crippen LogP contribution is 2.25. The van der Waals surface area contributed by atoms with E-state index in [1.165, 1.54) is 16.3 Å². The number of ether oxygens (including phenoxy) is 1. The number of hydrogen-bond acceptors (Lipinski definition) is 2. The molecule has 0 saturated heterocycles. The Bertz CT molecular complexity index is 507. The predicted molar refractivity (Wildman–Crippen MR) is 77.1 cm³/mol. The van der Waals surface area contributed by atoms with Gasteiger partial charge in [0.2, 0.25) is 0 Å². The van der Waals surface area contributed by atoms with Crippen LogP contribution in [0.3, 0.4) is 0 Å². The van der Waals surface area contributed by atoms with Gasteiger partial charge >= 0.3 is 0 Å². The smallest absolute Gasteiger partial charge is 0.119 e. The molecule has 0 saturated carbocycles. The molecule has 0 unspecified atom stereocenters. The largest absolute Gasteiger partial charge is 0.494 e. The first-order chi connectivity index (χ1) is 8.85. The summed E-state index contributed by atoms with van der Waals surface area (Å²) in [7, 11) is 0. The van der Waals surface area contributed by atoms with Gasteiger partial charge < -0.3 is 10.5 Å². The van der Waals surface area contributed by atoms with Crippen molar-refractivity contribution in [1.82, 2.24) is 0 Å². The van der Waals surface area contributed by atoms with E-state index in [-0.39, 0.29) is 0 Å². The first kappa shape index (κ1) is 12.9. The van der Waals surface area contributed by atoms with Crippen LogP contribution in [0, 0.1) is 0 Å². The van der Waals surface area contributed by atoms with Crippen LogP contribution in [0.4, 0.5) is 0 Å². The minimum absolute atomic E-state index is 0.739. The first-order valence-corrected chi connectivity index (χ1v) is 6.69. The van der Waals surface area contributed by atoms with Gasteiger partial charge in [0.05, 0.1) is 6.61 Å². The van der Waals surface area contributed by atoms with Crippen molar-refractivity contribution < 1.29 is 4.74 Å². The fraction of sp³-hybridized carbons (Fsp3) is 0.375. The molecule has 2 rings (SSSR count). The summed E-state index contributed by atoms with van der Waals surface area (Å²) >= 11 is 0. The van der Waals surface area contributed by atoms with Gasteiger partial charge in [-0.3, -0.25) is 0 Å². The Balaban J connectivity index is 2.32. The van der Waals surface area contributed by atoms with Crippen LogP contribution in [0.5, 0.6) is 5.75 Å². The predicted octanol–water partition coefficient (Wildman–Crippen LogP) is 3.52. The molecule has 2 heteroatoms. The Morgan fingerprint density at radius 1 is 1.17 bits per heavy atom. The van der Waals surface area contributed by atoms with Crippen molar-refractivity contribution in [2.45, 2.75) is 26.2 Å². The maximum absolute atomic E-state index is 5.70. The van der Waals surface area contributed by atoms with Crippen LogP contribution in [0.1, 0.15) is 25.3 Å². The molecular weight excluding hydrogens is 222 g/mol. The minimum atomic E-state index is 0.739. The molecule has 0 fully saturated rings. The average Bonchev–Trinajstić information content (AvgIpc) is 2.42.